The second-order valence-electron chi connectivity index (χ2n) is 4.09. The van der Waals surface area contributed by atoms with Crippen molar-refractivity contribution < 1.29 is 0 Å². The highest BCUT2D eigenvalue weighted by atomic mass is 15.3. The summed E-state index contributed by atoms with van der Waals surface area (Å²) in [6, 6.07) is 0. The molecular formula is C10H13N5. The van der Waals surface area contributed by atoms with Gasteiger partial charge in [0, 0.05) is 26.2 Å². The molecule has 5 heteroatoms. The first-order valence-electron chi connectivity index (χ1n) is 5.14. The molecule has 1 fully saturated rings. The van der Waals surface area contributed by atoms with Crippen molar-refractivity contribution in [3.05, 3.63) is 18.2 Å². The van der Waals surface area contributed by atoms with Crippen LogP contribution in [0.4, 0.5) is 0 Å². The van der Waals surface area contributed by atoms with Crippen LogP contribution >= 0.6 is 0 Å². The van der Waals surface area contributed by atoms with Crippen LogP contribution in [0, 0.1) is 0 Å². The number of rotatable bonds is 2. The molecule has 0 bridgehead atoms. The zero-order chi connectivity index (χ0) is 10.4. The summed E-state index contributed by atoms with van der Waals surface area (Å²) in [7, 11) is 3.86. The molecule has 15 heavy (non-hydrogen) atoms. The third-order valence-electron chi connectivity index (χ3n) is 2.70. The van der Waals surface area contributed by atoms with E-state index in [1.165, 1.54) is 12.8 Å². The molecule has 1 saturated carbocycles. The third kappa shape index (κ3) is 1.44. The van der Waals surface area contributed by atoms with E-state index in [9.17, 15) is 0 Å². The minimum atomic E-state index is 0.632. The minimum Gasteiger partial charge on any atom is -0.275 e. The van der Waals surface area contributed by atoms with Crippen LogP contribution in [0.1, 0.15) is 24.6 Å². The highest BCUT2D eigenvalue weighted by Gasteiger charge is 2.29. The number of hydrogen-bond donors (Lipinski definition) is 0. The maximum absolute atomic E-state index is 4.55. The zero-order valence-corrected chi connectivity index (χ0v) is 8.88. The van der Waals surface area contributed by atoms with Gasteiger partial charge in [-0.2, -0.15) is 10.2 Å². The van der Waals surface area contributed by atoms with E-state index in [1.54, 1.807) is 10.9 Å². The molecule has 5 nitrogen and oxygen atoms in total. The molecule has 1 aliphatic rings. The molecule has 0 spiro atoms. The van der Waals surface area contributed by atoms with E-state index in [2.05, 4.69) is 15.2 Å². The molecule has 0 aliphatic heterocycles. The Morgan fingerprint density at radius 3 is 2.73 bits per heavy atom. The zero-order valence-electron chi connectivity index (χ0n) is 8.88. The second kappa shape index (κ2) is 2.92. The molecule has 0 unspecified atom stereocenters. The maximum atomic E-state index is 4.55. The maximum Gasteiger partial charge on any atom is 0.184 e. The summed E-state index contributed by atoms with van der Waals surface area (Å²) in [5.74, 6) is 2.52. The van der Waals surface area contributed by atoms with E-state index in [0.29, 0.717) is 5.92 Å². The van der Waals surface area contributed by atoms with Gasteiger partial charge in [0.15, 0.2) is 5.82 Å². The molecule has 2 aromatic rings. The van der Waals surface area contributed by atoms with Crippen LogP contribution in [-0.4, -0.2) is 24.5 Å². The number of aromatic nitrogens is 5. The van der Waals surface area contributed by atoms with Crippen LogP contribution in [0.3, 0.4) is 0 Å². The Balaban J connectivity index is 2.01. The predicted octanol–water partition coefficient (Wildman–Crippen LogP) is 1.09. The van der Waals surface area contributed by atoms with E-state index in [-0.39, 0.29) is 0 Å². The van der Waals surface area contributed by atoms with Gasteiger partial charge >= 0.3 is 0 Å². The van der Waals surface area contributed by atoms with Gasteiger partial charge in [-0.05, 0) is 12.8 Å². The molecule has 0 aromatic carbocycles. The van der Waals surface area contributed by atoms with Gasteiger partial charge in [0.1, 0.15) is 5.82 Å². The van der Waals surface area contributed by atoms with Crippen molar-refractivity contribution in [1.29, 1.82) is 0 Å². The van der Waals surface area contributed by atoms with Gasteiger partial charge < -0.3 is 0 Å². The van der Waals surface area contributed by atoms with Crippen LogP contribution in [-0.2, 0) is 14.1 Å². The van der Waals surface area contributed by atoms with E-state index in [0.717, 1.165) is 17.2 Å². The van der Waals surface area contributed by atoms with Crippen molar-refractivity contribution in [2.24, 2.45) is 14.1 Å². The summed E-state index contributed by atoms with van der Waals surface area (Å²) in [6.07, 6.45) is 6.23. The Bertz CT molecular complexity index is 492. The molecule has 3 rings (SSSR count). The fourth-order valence-electron chi connectivity index (χ4n) is 1.75. The Hall–Kier alpha value is -1.65. The van der Waals surface area contributed by atoms with E-state index in [4.69, 9.17) is 0 Å². The number of nitrogens with zero attached hydrogens (tertiary/aromatic N) is 5. The summed E-state index contributed by atoms with van der Waals surface area (Å²) in [6.45, 7) is 0. The summed E-state index contributed by atoms with van der Waals surface area (Å²) in [4.78, 5) is 4.55. The summed E-state index contributed by atoms with van der Waals surface area (Å²) >= 11 is 0. The van der Waals surface area contributed by atoms with Gasteiger partial charge in [0.05, 0.1) is 11.8 Å². The lowest BCUT2D eigenvalue weighted by atomic mass is 10.3. The lowest BCUT2D eigenvalue weighted by molar-refractivity contribution is 0.705. The molecule has 0 amide bonds. The van der Waals surface area contributed by atoms with Crippen molar-refractivity contribution in [1.82, 2.24) is 24.5 Å². The highest BCUT2D eigenvalue weighted by molar-refractivity contribution is 5.51. The van der Waals surface area contributed by atoms with Crippen molar-refractivity contribution in [3.63, 3.8) is 0 Å². The lowest BCUT2D eigenvalue weighted by Crippen LogP contribution is -1.96. The molecule has 2 heterocycles. The molecule has 1 aliphatic carbocycles. The quantitative estimate of drug-likeness (QED) is 0.734. The van der Waals surface area contributed by atoms with Gasteiger partial charge in [-0.1, -0.05) is 0 Å². The Labute approximate surface area is 87.7 Å². The fourth-order valence-corrected chi connectivity index (χ4v) is 1.75. The molecule has 0 atom stereocenters. The molecule has 0 N–H and O–H groups in total. The molecule has 2 aromatic heterocycles. The van der Waals surface area contributed by atoms with E-state index in [1.807, 2.05) is 25.0 Å². The Kier molecular flexibility index (Phi) is 1.68. The van der Waals surface area contributed by atoms with E-state index >= 15 is 0 Å². The fraction of sp³-hybridized carbons (Fsp3) is 0.500. The van der Waals surface area contributed by atoms with Gasteiger partial charge in [-0.15, -0.1) is 0 Å². The van der Waals surface area contributed by atoms with Gasteiger partial charge in [0.2, 0.25) is 0 Å². The normalized spacial score (nSPS) is 15.9. The van der Waals surface area contributed by atoms with Crippen LogP contribution in [0.2, 0.25) is 0 Å². The lowest BCUT2D eigenvalue weighted by Gasteiger charge is -1.92. The standard InChI is InChI=1S/C10H13N5/c1-14-6-8(5-11-14)9-12-10(7-3-4-7)15(2)13-9/h5-7H,3-4H2,1-2H3. The number of hydrogen-bond acceptors (Lipinski definition) is 3. The molecular weight excluding hydrogens is 190 g/mol. The van der Waals surface area contributed by atoms with Crippen LogP contribution in [0.25, 0.3) is 11.4 Å². The molecule has 0 radical (unpaired) electrons. The van der Waals surface area contributed by atoms with Crippen molar-refractivity contribution in [3.8, 4) is 11.4 Å². The molecule has 0 saturated heterocycles. The number of aryl methyl sites for hydroxylation is 2. The topological polar surface area (TPSA) is 48.5 Å². The van der Waals surface area contributed by atoms with Crippen LogP contribution < -0.4 is 0 Å². The summed E-state index contributed by atoms with van der Waals surface area (Å²) < 4.78 is 3.66. The Morgan fingerprint density at radius 1 is 1.33 bits per heavy atom. The Morgan fingerprint density at radius 2 is 2.13 bits per heavy atom. The first-order chi connectivity index (χ1) is 7.24. The first kappa shape index (κ1) is 8.64. The van der Waals surface area contributed by atoms with Gasteiger partial charge in [-0.3, -0.25) is 9.36 Å². The second-order valence-corrected chi connectivity index (χ2v) is 4.09. The third-order valence-corrected chi connectivity index (χ3v) is 2.70. The monoisotopic (exact) mass is 203 g/mol. The van der Waals surface area contributed by atoms with Crippen molar-refractivity contribution in [2.45, 2.75) is 18.8 Å². The van der Waals surface area contributed by atoms with Gasteiger partial charge in [0.25, 0.3) is 0 Å². The molecule has 78 valence electrons. The average molecular weight is 203 g/mol. The minimum absolute atomic E-state index is 0.632. The average Bonchev–Trinajstić information content (AvgIpc) is 2.84. The highest BCUT2D eigenvalue weighted by Crippen LogP contribution is 2.39. The van der Waals surface area contributed by atoms with Crippen molar-refractivity contribution >= 4 is 0 Å². The largest absolute Gasteiger partial charge is 0.275 e. The summed E-state index contributed by atoms with van der Waals surface area (Å²) in [5.41, 5.74) is 0.986. The van der Waals surface area contributed by atoms with Crippen molar-refractivity contribution in [2.75, 3.05) is 0 Å². The predicted molar refractivity (Wildman–Crippen MR) is 55.2 cm³/mol. The van der Waals surface area contributed by atoms with Gasteiger partial charge in [-0.25, -0.2) is 4.98 Å². The van der Waals surface area contributed by atoms with E-state index < -0.39 is 0 Å². The SMILES string of the molecule is Cn1cc(-c2nc(C3CC3)n(C)n2)cn1. The first-order valence-corrected chi connectivity index (χ1v) is 5.14. The van der Waals surface area contributed by atoms with Crippen LogP contribution in [0.5, 0.6) is 0 Å². The van der Waals surface area contributed by atoms with Crippen LogP contribution in [0.15, 0.2) is 12.4 Å². The smallest absolute Gasteiger partial charge is 0.184 e. The summed E-state index contributed by atoms with van der Waals surface area (Å²) in [5, 5.41) is 8.53.